The number of hydrogen-bond donors (Lipinski definition) is 2. The number of halogens is 1. The van der Waals surface area contributed by atoms with Crippen LogP contribution in [0.2, 0.25) is 4.34 Å². The Labute approximate surface area is 126 Å². The molecule has 4 heteroatoms. The predicted octanol–water partition coefficient (Wildman–Crippen LogP) is 4.92. The molecule has 0 saturated carbocycles. The lowest BCUT2D eigenvalue weighted by atomic mass is 10.0. The lowest BCUT2D eigenvalue weighted by molar-refractivity contribution is 0.460. The summed E-state index contributed by atoms with van der Waals surface area (Å²) in [4.78, 5) is 1.32. The Bertz CT molecular complexity index is 328. The number of unbranched alkanes of at least 4 members (excludes halogenated alkanes) is 6. The molecule has 1 rings (SSSR count). The average molecular weight is 303 g/mol. The van der Waals surface area contributed by atoms with Crippen molar-refractivity contribution in [2.24, 2.45) is 5.84 Å². The summed E-state index contributed by atoms with van der Waals surface area (Å²) in [7, 11) is 0. The first-order chi connectivity index (χ1) is 9.26. The van der Waals surface area contributed by atoms with Crippen molar-refractivity contribution in [2.75, 3.05) is 0 Å². The van der Waals surface area contributed by atoms with Crippen LogP contribution < -0.4 is 11.3 Å². The summed E-state index contributed by atoms with van der Waals surface area (Å²) < 4.78 is 0.863. The van der Waals surface area contributed by atoms with Crippen molar-refractivity contribution in [1.82, 2.24) is 5.43 Å². The molecule has 110 valence electrons. The van der Waals surface area contributed by atoms with Crippen LogP contribution in [0.15, 0.2) is 12.1 Å². The Balaban J connectivity index is 2.08. The highest BCUT2D eigenvalue weighted by atomic mass is 35.5. The van der Waals surface area contributed by atoms with Gasteiger partial charge in [0.25, 0.3) is 0 Å². The number of nitrogens with one attached hydrogen (secondary N) is 1. The van der Waals surface area contributed by atoms with Crippen molar-refractivity contribution in [3.63, 3.8) is 0 Å². The van der Waals surface area contributed by atoms with E-state index in [1.807, 2.05) is 6.07 Å². The standard InChI is InChI=1S/C15H27ClN2S/c1-2-3-4-5-6-7-8-9-13(18-17)12-14-10-11-15(16)19-14/h10-11,13,18H,2-9,12,17H2,1H3. The van der Waals surface area contributed by atoms with Gasteiger partial charge in [0.15, 0.2) is 0 Å². The number of nitrogens with two attached hydrogens (primary N) is 1. The first-order valence-electron chi connectivity index (χ1n) is 7.46. The second-order valence-electron chi connectivity index (χ2n) is 5.18. The van der Waals surface area contributed by atoms with E-state index in [1.165, 1.54) is 49.8 Å². The highest BCUT2D eigenvalue weighted by molar-refractivity contribution is 7.16. The van der Waals surface area contributed by atoms with Crippen LogP contribution in [0.25, 0.3) is 0 Å². The van der Waals surface area contributed by atoms with Crippen molar-refractivity contribution in [3.8, 4) is 0 Å². The van der Waals surface area contributed by atoms with Crippen molar-refractivity contribution >= 4 is 22.9 Å². The van der Waals surface area contributed by atoms with Gasteiger partial charge in [-0.25, -0.2) is 0 Å². The van der Waals surface area contributed by atoms with Crippen molar-refractivity contribution in [3.05, 3.63) is 21.3 Å². The fourth-order valence-corrected chi connectivity index (χ4v) is 3.46. The summed E-state index contributed by atoms with van der Waals surface area (Å²) in [5.74, 6) is 5.63. The normalized spacial score (nSPS) is 12.8. The van der Waals surface area contributed by atoms with E-state index in [-0.39, 0.29) is 0 Å². The van der Waals surface area contributed by atoms with Gasteiger partial charge in [0.1, 0.15) is 0 Å². The van der Waals surface area contributed by atoms with Crippen LogP contribution in [0, 0.1) is 0 Å². The Hall–Kier alpha value is -0.0900. The van der Waals surface area contributed by atoms with Gasteiger partial charge in [-0.15, -0.1) is 11.3 Å². The molecular formula is C15H27ClN2S. The van der Waals surface area contributed by atoms with E-state index in [2.05, 4.69) is 18.4 Å². The van der Waals surface area contributed by atoms with Crippen molar-refractivity contribution in [1.29, 1.82) is 0 Å². The van der Waals surface area contributed by atoms with Gasteiger partial charge in [0, 0.05) is 10.9 Å². The molecule has 0 aliphatic rings. The average Bonchev–Trinajstić information content (AvgIpc) is 2.81. The maximum Gasteiger partial charge on any atom is 0.0931 e. The fraction of sp³-hybridized carbons (Fsp3) is 0.733. The minimum absolute atomic E-state index is 0.380. The molecule has 1 heterocycles. The molecule has 0 aliphatic carbocycles. The molecule has 0 aliphatic heterocycles. The second-order valence-corrected chi connectivity index (χ2v) is 6.98. The number of hydrogen-bond acceptors (Lipinski definition) is 3. The lowest BCUT2D eigenvalue weighted by Gasteiger charge is -2.14. The maximum absolute atomic E-state index is 5.94. The van der Waals surface area contributed by atoms with Crippen LogP contribution in [0.1, 0.15) is 63.2 Å². The van der Waals surface area contributed by atoms with E-state index in [0.29, 0.717) is 6.04 Å². The minimum Gasteiger partial charge on any atom is -0.271 e. The molecule has 1 atom stereocenters. The number of rotatable bonds is 11. The van der Waals surface area contributed by atoms with E-state index >= 15 is 0 Å². The van der Waals surface area contributed by atoms with E-state index in [1.54, 1.807) is 11.3 Å². The highest BCUT2D eigenvalue weighted by Gasteiger charge is 2.09. The van der Waals surface area contributed by atoms with Crippen LogP contribution in [0.3, 0.4) is 0 Å². The molecule has 0 saturated heterocycles. The zero-order chi connectivity index (χ0) is 13.9. The quantitative estimate of drug-likeness (QED) is 0.346. The molecule has 3 N–H and O–H groups in total. The number of hydrazine groups is 1. The third-order valence-corrected chi connectivity index (χ3v) is 4.72. The molecule has 0 bridgehead atoms. The van der Waals surface area contributed by atoms with E-state index in [4.69, 9.17) is 17.4 Å². The maximum atomic E-state index is 5.94. The topological polar surface area (TPSA) is 38.0 Å². The summed E-state index contributed by atoms with van der Waals surface area (Å²) in [6.45, 7) is 2.26. The molecule has 1 aromatic heterocycles. The van der Waals surface area contributed by atoms with Gasteiger partial charge in [-0.05, 0) is 25.0 Å². The fourth-order valence-electron chi connectivity index (χ4n) is 2.30. The summed E-state index contributed by atoms with van der Waals surface area (Å²) in [5.41, 5.74) is 2.93. The predicted molar refractivity (Wildman–Crippen MR) is 86.8 cm³/mol. The summed E-state index contributed by atoms with van der Waals surface area (Å²) in [5, 5.41) is 0. The molecule has 0 spiro atoms. The summed E-state index contributed by atoms with van der Waals surface area (Å²) in [6.07, 6.45) is 11.6. The molecule has 1 unspecified atom stereocenters. The summed E-state index contributed by atoms with van der Waals surface area (Å²) in [6, 6.07) is 4.44. The van der Waals surface area contributed by atoms with E-state index in [9.17, 15) is 0 Å². The van der Waals surface area contributed by atoms with Crippen LogP contribution >= 0.6 is 22.9 Å². The van der Waals surface area contributed by atoms with Crippen molar-refractivity contribution < 1.29 is 0 Å². The van der Waals surface area contributed by atoms with Gasteiger partial charge >= 0.3 is 0 Å². The Morgan fingerprint density at radius 3 is 2.42 bits per heavy atom. The molecule has 0 amide bonds. The first kappa shape index (κ1) is 17.0. The van der Waals surface area contributed by atoms with Crippen LogP contribution in [-0.4, -0.2) is 6.04 Å². The third-order valence-electron chi connectivity index (χ3n) is 3.47. The van der Waals surface area contributed by atoms with Crippen LogP contribution in [0.4, 0.5) is 0 Å². The Kier molecular flexibility index (Phi) is 9.52. The largest absolute Gasteiger partial charge is 0.271 e. The lowest BCUT2D eigenvalue weighted by Crippen LogP contribution is -2.36. The van der Waals surface area contributed by atoms with E-state index < -0.39 is 0 Å². The Morgan fingerprint density at radius 1 is 1.16 bits per heavy atom. The molecule has 1 aromatic rings. The SMILES string of the molecule is CCCCCCCCCC(Cc1ccc(Cl)s1)NN. The van der Waals surface area contributed by atoms with Gasteiger partial charge in [0.05, 0.1) is 4.34 Å². The van der Waals surface area contributed by atoms with Gasteiger partial charge in [-0.1, -0.05) is 63.5 Å². The van der Waals surface area contributed by atoms with Gasteiger partial charge in [0.2, 0.25) is 0 Å². The third kappa shape index (κ3) is 7.93. The minimum atomic E-state index is 0.380. The van der Waals surface area contributed by atoms with E-state index in [0.717, 1.165) is 17.2 Å². The van der Waals surface area contributed by atoms with Gasteiger partial charge in [-0.2, -0.15) is 0 Å². The van der Waals surface area contributed by atoms with Gasteiger partial charge in [-0.3, -0.25) is 11.3 Å². The molecule has 0 aromatic carbocycles. The summed E-state index contributed by atoms with van der Waals surface area (Å²) >= 11 is 7.60. The first-order valence-corrected chi connectivity index (χ1v) is 8.66. The molecule has 0 fully saturated rings. The number of thiophene rings is 1. The van der Waals surface area contributed by atoms with Crippen LogP contribution in [-0.2, 0) is 6.42 Å². The second kappa shape index (κ2) is 10.7. The molecule has 2 nitrogen and oxygen atoms in total. The molecular weight excluding hydrogens is 276 g/mol. The molecule has 0 radical (unpaired) electrons. The van der Waals surface area contributed by atoms with Crippen molar-refractivity contribution in [2.45, 2.75) is 70.8 Å². The zero-order valence-electron chi connectivity index (χ0n) is 12.0. The molecule has 19 heavy (non-hydrogen) atoms. The van der Waals surface area contributed by atoms with Gasteiger partial charge < -0.3 is 0 Å². The smallest absolute Gasteiger partial charge is 0.0931 e. The van der Waals surface area contributed by atoms with Crippen LogP contribution in [0.5, 0.6) is 0 Å². The monoisotopic (exact) mass is 302 g/mol. The zero-order valence-corrected chi connectivity index (χ0v) is 13.5. The Morgan fingerprint density at radius 2 is 1.84 bits per heavy atom. The highest BCUT2D eigenvalue weighted by Crippen LogP contribution is 2.23.